The summed E-state index contributed by atoms with van der Waals surface area (Å²) in [6, 6.07) is 0. The van der Waals surface area contributed by atoms with Gasteiger partial charge in [-0.1, -0.05) is 59.1 Å². The Morgan fingerprint density at radius 2 is 1.69 bits per heavy atom. The van der Waals surface area contributed by atoms with E-state index in [1.807, 2.05) is 0 Å². The number of hydrogen-bond donors (Lipinski definition) is 1. The van der Waals surface area contributed by atoms with Gasteiger partial charge in [0.25, 0.3) is 0 Å². The van der Waals surface area contributed by atoms with Crippen molar-refractivity contribution in [2.24, 2.45) is 39.9 Å². The van der Waals surface area contributed by atoms with E-state index in [9.17, 15) is 18.3 Å². The van der Waals surface area contributed by atoms with Gasteiger partial charge < -0.3 is 5.11 Å². The Balaban J connectivity index is 1.46. The first-order chi connectivity index (χ1) is 14.7. The molecule has 0 saturated heterocycles. The van der Waals surface area contributed by atoms with Crippen molar-refractivity contribution in [3.8, 4) is 0 Å². The van der Waals surface area contributed by atoms with E-state index in [0.717, 1.165) is 24.3 Å². The van der Waals surface area contributed by atoms with Crippen LogP contribution in [0.25, 0.3) is 0 Å². The summed E-state index contributed by atoms with van der Waals surface area (Å²) in [6.45, 7) is 11.7. The molecule has 32 heavy (non-hydrogen) atoms. The van der Waals surface area contributed by atoms with Crippen LogP contribution >= 0.6 is 0 Å². The summed E-state index contributed by atoms with van der Waals surface area (Å²) in [4.78, 5) is 0. The second kappa shape index (κ2) is 8.02. The number of allylic oxidation sites excluding steroid dienone is 1. The van der Waals surface area contributed by atoms with Gasteiger partial charge in [0.05, 0.1) is 0 Å². The van der Waals surface area contributed by atoms with Gasteiger partial charge >= 0.3 is 6.18 Å². The zero-order chi connectivity index (χ0) is 23.6. The van der Waals surface area contributed by atoms with E-state index >= 15 is 0 Å². The molecule has 3 saturated carbocycles. The van der Waals surface area contributed by atoms with E-state index in [1.54, 1.807) is 0 Å². The predicted octanol–water partition coefficient (Wildman–Crippen LogP) is 8.47. The van der Waals surface area contributed by atoms with Gasteiger partial charge in [-0.25, -0.2) is 0 Å². The fourth-order valence-electron chi connectivity index (χ4n) is 8.52. The summed E-state index contributed by atoms with van der Waals surface area (Å²) in [5.41, 5.74) is -0.969. The van der Waals surface area contributed by atoms with Gasteiger partial charge in [-0.05, 0) is 97.7 Å². The molecular weight excluding hydrogens is 409 g/mol. The maximum absolute atomic E-state index is 13.5. The van der Waals surface area contributed by atoms with Crippen molar-refractivity contribution in [2.75, 3.05) is 0 Å². The van der Waals surface area contributed by atoms with Crippen LogP contribution in [0, 0.1) is 39.9 Å². The molecule has 0 aliphatic heterocycles. The Kier molecular flexibility index (Phi) is 6.17. The van der Waals surface area contributed by atoms with E-state index in [-0.39, 0.29) is 18.3 Å². The monoisotopic (exact) mass is 454 g/mol. The Bertz CT molecular complexity index is 734. The van der Waals surface area contributed by atoms with Crippen molar-refractivity contribution in [3.63, 3.8) is 0 Å². The molecule has 7 atom stereocenters. The molecule has 0 aromatic rings. The van der Waals surface area contributed by atoms with Crippen LogP contribution in [0.2, 0.25) is 0 Å². The number of unbranched alkanes of at least 4 members (excludes halogenated alkanes) is 1. The Hall–Kier alpha value is -0.510. The lowest BCUT2D eigenvalue weighted by Gasteiger charge is -2.59. The highest BCUT2D eigenvalue weighted by Gasteiger charge is 2.63. The van der Waals surface area contributed by atoms with Crippen LogP contribution in [0.3, 0.4) is 0 Å². The Labute approximate surface area is 193 Å². The minimum absolute atomic E-state index is 0.147. The highest BCUT2D eigenvalue weighted by Crippen LogP contribution is 2.67. The first-order valence-corrected chi connectivity index (χ1v) is 13.2. The molecule has 0 amide bonds. The summed E-state index contributed by atoms with van der Waals surface area (Å²) in [6.07, 6.45) is 8.91. The number of fused-ring (bicyclic) bond motifs is 5. The first-order valence-electron chi connectivity index (χ1n) is 13.2. The van der Waals surface area contributed by atoms with Crippen molar-refractivity contribution >= 4 is 0 Å². The van der Waals surface area contributed by atoms with Crippen molar-refractivity contribution in [2.45, 2.75) is 123 Å². The molecule has 0 aromatic carbocycles. The Morgan fingerprint density at radius 3 is 2.34 bits per heavy atom. The third-order valence-electron chi connectivity index (χ3n) is 10.6. The maximum atomic E-state index is 13.5. The van der Waals surface area contributed by atoms with Crippen molar-refractivity contribution in [1.29, 1.82) is 0 Å². The van der Waals surface area contributed by atoms with Crippen LogP contribution in [0.5, 0.6) is 0 Å². The molecule has 4 aliphatic rings. The third kappa shape index (κ3) is 4.09. The van der Waals surface area contributed by atoms with Gasteiger partial charge in [-0.3, -0.25) is 0 Å². The molecule has 4 rings (SSSR count). The molecule has 4 heteroatoms. The highest BCUT2D eigenvalue weighted by atomic mass is 19.4. The van der Waals surface area contributed by atoms with E-state index in [2.05, 4.69) is 40.7 Å². The van der Waals surface area contributed by atoms with Gasteiger partial charge in [0.15, 0.2) is 5.60 Å². The van der Waals surface area contributed by atoms with Crippen LogP contribution < -0.4 is 0 Å². The fourth-order valence-corrected chi connectivity index (χ4v) is 8.52. The molecule has 0 bridgehead atoms. The van der Waals surface area contributed by atoms with Crippen molar-refractivity contribution < 1.29 is 18.3 Å². The van der Waals surface area contributed by atoms with Crippen molar-refractivity contribution in [3.05, 3.63) is 11.6 Å². The minimum atomic E-state index is -4.54. The highest BCUT2D eigenvalue weighted by molar-refractivity contribution is 5.27. The number of rotatable bonds is 4. The Morgan fingerprint density at radius 1 is 0.969 bits per heavy atom. The predicted molar refractivity (Wildman–Crippen MR) is 124 cm³/mol. The van der Waals surface area contributed by atoms with Crippen LogP contribution in [0.1, 0.15) is 112 Å². The molecule has 0 radical (unpaired) electrons. The lowest BCUT2D eigenvalue weighted by atomic mass is 9.46. The summed E-state index contributed by atoms with van der Waals surface area (Å²) < 4.78 is 40.6. The molecule has 0 aromatic heterocycles. The molecular formula is C28H45F3O. The summed E-state index contributed by atoms with van der Waals surface area (Å²) in [7, 11) is 0. The summed E-state index contributed by atoms with van der Waals surface area (Å²) in [5.74, 6) is 2.62. The second-order valence-corrected chi connectivity index (χ2v) is 13.6. The van der Waals surface area contributed by atoms with E-state index in [0.29, 0.717) is 35.0 Å². The van der Waals surface area contributed by atoms with Crippen LogP contribution in [-0.4, -0.2) is 16.9 Å². The van der Waals surface area contributed by atoms with E-state index in [1.165, 1.54) is 44.9 Å². The zero-order valence-corrected chi connectivity index (χ0v) is 21.0. The van der Waals surface area contributed by atoms with Gasteiger partial charge in [-0.15, -0.1) is 0 Å². The molecule has 0 spiro atoms. The quantitative estimate of drug-likeness (QED) is 0.334. The smallest absolute Gasteiger partial charge is 0.380 e. The average molecular weight is 455 g/mol. The number of alkyl halides is 3. The molecule has 0 heterocycles. The van der Waals surface area contributed by atoms with E-state index in [4.69, 9.17) is 0 Å². The molecule has 1 N–H and O–H groups in total. The van der Waals surface area contributed by atoms with Crippen LogP contribution in [0.15, 0.2) is 11.6 Å². The lowest BCUT2D eigenvalue weighted by molar-refractivity contribution is -0.271. The zero-order valence-electron chi connectivity index (χ0n) is 21.0. The third-order valence-corrected chi connectivity index (χ3v) is 10.6. The number of aliphatic hydroxyl groups is 1. The van der Waals surface area contributed by atoms with Gasteiger partial charge in [0.1, 0.15) is 0 Å². The largest absolute Gasteiger partial charge is 0.417 e. The van der Waals surface area contributed by atoms with Crippen molar-refractivity contribution in [1.82, 2.24) is 0 Å². The lowest BCUT2D eigenvalue weighted by Crippen LogP contribution is -2.55. The standard InChI is InChI=1S/C28H45F3O/c1-24(2,3)14-7-6-8-19-10-12-22-21-11-9-20-18-27(32,28(29,30)31)17-16-26(20,5)23(21)13-15-25(19,22)4/h9,19,21-23,32H,6-8,10-18H2,1-5H3/t19-,21-,22-,23-,25+,26-,27-/m0/s1. The maximum Gasteiger partial charge on any atom is 0.417 e. The van der Waals surface area contributed by atoms with E-state index < -0.39 is 11.8 Å². The van der Waals surface area contributed by atoms with Gasteiger partial charge in [0.2, 0.25) is 0 Å². The number of hydrogen-bond acceptors (Lipinski definition) is 1. The molecule has 3 fully saturated rings. The van der Waals surface area contributed by atoms with Gasteiger partial charge in [-0.2, -0.15) is 13.2 Å². The molecule has 1 nitrogen and oxygen atoms in total. The SMILES string of the molecule is CC(C)(C)CCCC[C@H]1CC[C@H]2[C@@H]3CC=C4C[C@](O)(C(F)(F)F)CC[C@]4(C)[C@H]3CC[C@]12C. The van der Waals surface area contributed by atoms with Gasteiger partial charge in [0, 0.05) is 6.42 Å². The molecule has 0 unspecified atom stereocenters. The average Bonchev–Trinajstić information content (AvgIpc) is 3.01. The normalized spacial score (nSPS) is 44.5. The second-order valence-electron chi connectivity index (χ2n) is 13.6. The molecule has 184 valence electrons. The topological polar surface area (TPSA) is 20.2 Å². The summed E-state index contributed by atoms with van der Waals surface area (Å²) in [5, 5.41) is 10.4. The summed E-state index contributed by atoms with van der Waals surface area (Å²) >= 11 is 0. The van der Waals surface area contributed by atoms with Crippen LogP contribution in [-0.2, 0) is 0 Å². The fraction of sp³-hybridized carbons (Fsp3) is 0.929. The molecule has 4 aliphatic carbocycles. The minimum Gasteiger partial charge on any atom is -0.380 e. The van der Waals surface area contributed by atoms with Crippen LogP contribution in [0.4, 0.5) is 13.2 Å². The first kappa shape index (κ1) is 24.6. The number of halogens is 3.